The summed E-state index contributed by atoms with van der Waals surface area (Å²) in [6.07, 6.45) is 0. The zero-order valence-electron chi connectivity index (χ0n) is 13.7. The topological polar surface area (TPSA) is 66.8 Å². The van der Waals surface area contributed by atoms with Crippen molar-refractivity contribution in [1.29, 1.82) is 0 Å². The van der Waals surface area contributed by atoms with E-state index in [1.54, 1.807) is 7.11 Å². The van der Waals surface area contributed by atoms with Gasteiger partial charge in [0.25, 0.3) is 5.97 Å². The van der Waals surface area contributed by atoms with Crippen LogP contribution < -0.4 is 4.74 Å². The van der Waals surface area contributed by atoms with E-state index in [0.717, 1.165) is 40.1 Å². The first kappa shape index (κ1) is 17.5. The molecule has 2 N–H and O–H groups in total. The summed E-state index contributed by atoms with van der Waals surface area (Å²) in [5.74, 6) is 0.0000811. The summed E-state index contributed by atoms with van der Waals surface area (Å²) >= 11 is 0. The fourth-order valence-electron chi connectivity index (χ4n) is 2.55. The van der Waals surface area contributed by atoms with Crippen LogP contribution in [0.5, 0.6) is 5.75 Å². The first-order valence-electron chi connectivity index (χ1n) is 7.52. The van der Waals surface area contributed by atoms with Gasteiger partial charge in [0.05, 0.1) is 13.7 Å². The van der Waals surface area contributed by atoms with Crippen molar-refractivity contribution in [3.05, 3.63) is 66.2 Å². The van der Waals surface area contributed by atoms with Gasteiger partial charge in [-0.2, -0.15) is 0 Å². The number of hydrogen-bond donors (Lipinski definition) is 2. The highest BCUT2D eigenvalue weighted by molar-refractivity contribution is 5.91. The molecular formula is C20H20O4. The summed E-state index contributed by atoms with van der Waals surface area (Å²) in [7, 11) is 1.66. The number of rotatable bonds is 3. The SMILES string of the molecule is CC(=O)O.COc1ccc(-c2ccc3ccccc3c2CO)cc1. The maximum atomic E-state index is 9.75. The summed E-state index contributed by atoms with van der Waals surface area (Å²) in [5.41, 5.74) is 3.11. The molecule has 0 saturated carbocycles. The molecule has 0 bridgehead atoms. The number of aliphatic hydroxyl groups excluding tert-OH is 1. The minimum Gasteiger partial charge on any atom is -0.497 e. The number of ether oxygens (including phenoxy) is 1. The molecule has 124 valence electrons. The average Bonchev–Trinajstić information content (AvgIpc) is 2.60. The molecule has 0 aliphatic rings. The van der Waals surface area contributed by atoms with Gasteiger partial charge in [-0.05, 0) is 39.6 Å². The molecule has 0 fully saturated rings. The third kappa shape index (κ3) is 4.12. The van der Waals surface area contributed by atoms with Gasteiger partial charge in [-0.15, -0.1) is 0 Å². The third-order valence-electron chi connectivity index (χ3n) is 3.60. The van der Waals surface area contributed by atoms with Crippen LogP contribution in [0.2, 0.25) is 0 Å². The highest BCUT2D eigenvalue weighted by Gasteiger charge is 2.08. The summed E-state index contributed by atoms with van der Waals surface area (Å²) in [6, 6.07) is 20.2. The lowest BCUT2D eigenvalue weighted by Crippen LogP contribution is -1.92. The standard InChI is InChI=1S/C18H16O2.C2H4O2/c1-20-15-9-6-14(7-10-15)17-11-8-13-4-2-3-5-16(13)18(17)12-19;1-2(3)4/h2-11,19H,12H2,1H3;1H3,(H,3,4). The summed E-state index contributed by atoms with van der Waals surface area (Å²) in [5, 5.41) is 19.4. The quantitative estimate of drug-likeness (QED) is 0.761. The zero-order chi connectivity index (χ0) is 17.5. The molecule has 24 heavy (non-hydrogen) atoms. The van der Waals surface area contributed by atoms with Gasteiger partial charge in [-0.25, -0.2) is 0 Å². The maximum absolute atomic E-state index is 9.75. The molecule has 4 heteroatoms. The summed E-state index contributed by atoms with van der Waals surface area (Å²) in [6.45, 7) is 1.11. The van der Waals surface area contributed by atoms with Gasteiger partial charge < -0.3 is 14.9 Å². The molecule has 0 aromatic heterocycles. The third-order valence-corrected chi connectivity index (χ3v) is 3.60. The second kappa shape index (κ2) is 8.13. The minimum atomic E-state index is -0.833. The Balaban J connectivity index is 0.000000471. The number of aliphatic carboxylic acids is 1. The Kier molecular flexibility index (Phi) is 5.93. The van der Waals surface area contributed by atoms with E-state index in [9.17, 15) is 5.11 Å². The van der Waals surface area contributed by atoms with Gasteiger partial charge in [0.1, 0.15) is 5.75 Å². The molecule has 0 aliphatic carbocycles. The van der Waals surface area contributed by atoms with Gasteiger partial charge in [-0.1, -0.05) is 48.5 Å². The van der Waals surface area contributed by atoms with E-state index in [4.69, 9.17) is 14.6 Å². The minimum absolute atomic E-state index is 0.0305. The van der Waals surface area contributed by atoms with Gasteiger partial charge in [0.15, 0.2) is 0 Å². The molecule has 3 aromatic carbocycles. The molecule has 4 nitrogen and oxygen atoms in total. The van der Waals surface area contributed by atoms with Gasteiger partial charge in [0, 0.05) is 6.92 Å². The molecule has 0 amide bonds. The smallest absolute Gasteiger partial charge is 0.300 e. The highest BCUT2D eigenvalue weighted by Crippen LogP contribution is 2.31. The Hall–Kier alpha value is -2.85. The predicted octanol–water partition coefficient (Wildman–Crippen LogP) is 4.10. The number of methoxy groups -OCH3 is 1. The number of carbonyl (C=O) groups is 1. The van der Waals surface area contributed by atoms with Crippen molar-refractivity contribution < 1.29 is 19.7 Å². The maximum Gasteiger partial charge on any atom is 0.300 e. The second-order valence-electron chi connectivity index (χ2n) is 5.22. The number of carboxylic acid groups (broad SMARTS) is 1. The number of fused-ring (bicyclic) bond motifs is 1. The fraction of sp³-hybridized carbons (Fsp3) is 0.150. The van der Waals surface area contributed by atoms with Crippen molar-refractivity contribution in [2.24, 2.45) is 0 Å². The Morgan fingerprint density at radius 3 is 2.21 bits per heavy atom. The molecule has 3 aromatic rings. The molecule has 0 aliphatic heterocycles. The van der Waals surface area contributed by atoms with Crippen LogP contribution in [0.1, 0.15) is 12.5 Å². The van der Waals surface area contributed by atoms with E-state index in [1.807, 2.05) is 42.5 Å². The van der Waals surface area contributed by atoms with Crippen molar-refractivity contribution in [2.45, 2.75) is 13.5 Å². The van der Waals surface area contributed by atoms with Crippen LogP contribution in [0.15, 0.2) is 60.7 Å². The first-order valence-corrected chi connectivity index (χ1v) is 7.52. The summed E-state index contributed by atoms with van der Waals surface area (Å²) < 4.78 is 5.18. The first-order chi connectivity index (χ1) is 11.6. The molecule has 0 heterocycles. The van der Waals surface area contributed by atoms with Crippen LogP contribution in [-0.4, -0.2) is 23.3 Å². The molecule has 0 unspecified atom stereocenters. The van der Waals surface area contributed by atoms with E-state index in [2.05, 4.69) is 18.2 Å². The van der Waals surface area contributed by atoms with E-state index < -0.39 is 5.97 Å². The Bertz CT molecular complexity index is 819. The van der Waals surface area contributed by atoms with Crippen LogP contribution in [0.4, 0.5) is 0 Å². The molecule has 0 radical (unpaired) electrons. The van der Waals surface area contributed by atoms with Crippen LogP contribution in [0.25, 0.3) is 21.9 Å². The van der Waals surface area contributed by atoms with Gasteiger partial charge >= 0.3 is 0 Å². The lowest BCUT2D eigenvalue weighted by Gasteiger charge is -2.12. The van der Waals surface area contributed by atoms with Crippen molar-refractivity contribution in [3.8, 4) is 16.9 Å². The Morgan fingerprint density at radius 2 is 1.62 bits per heavy atom. The molecule has 3 rings (SSSR count). The average molecular weight is 324 g/mol. The van der Waals surface area contributed by atoms with Crippen molar-refractivity contribution in [2.75, 3.05) is 7.11 Å². The van der Waals surface area contributed by atoms with E-state index in [1.165, 1.54) is 0 Å². The molecule has 0 atom stereocenters. The number of aliphatic hydroxyl groups is 1. The lowest BCUT2D eigenvalue weighted by molar-refractivity contribution is -0.134. The highest BCUT2D eigenvalue weighted by atomic mass is 16.5. The lowest BCUT2D eigenvalue weighted by atomic mass is 9.94. The fourth-order valence-corrected chi connectivity index (χ4v) is 2.55. The predicted molar refractivity (Wildman–Crippen MR) is 95.2 cm³/mol. The number of hydrogen-bond acceptors (Lipinski definition) is 3. The van der Waals surface area contributed by atoms with Crippen LogP contribution in [-0.2, 0) is 11.4 Å². The van der Waals surface area contributed by atoms with Crippen molar-refractivity contribution >= 4 is 16.7 Å². The zero-order valence-corrected chi connectivity index (χ0v) is 13.7. The van der Waals surface area contributed by atoms with E-state index >= 15 is 0 Å². The largest absolute Gasteiger partial charge is 0.497 e. The summed E-state index contributed by atoms with van der Waals surface area (Å²) in [4.78, 5) is 9.00. The number of benzene rings is 3. The van der Waals surface area contributed by atoms with Gasteiger partial charge in [-0.3, -0.25) is 4.79 Å². The second-order valence-corrected chi connectivity index (χ2v) is 5.22. The van der Waals surface area contributed by atoms with Crippen molar-refractivity contribution in [1.82, 2.24) is 0 Å². The molecule has 0 saturated heterocycles. The Morgan fingerprint density at radius 1 is 1.00 bits per heavy atom. The Labute approximate surface area is 140 Å². The van der Waals surface area contributed by atoms with Gasteiger partial charge in [0.2, 0.25) is 0 Å². The van der Waals surface area contributed by atoms with E-state index in [0.29, 0.717) is 0 Å². The van der Waals surface area contributed by atoms with Crippen LogP contribution in [0.3, 0.4) is 0 Å². The molecular weight excluding hydrogens is 304 g/mol. The van der Waals surface area contributed by atoms with Crippen LogP contribution in [0, 0.1) is 0 Å². The monoisotopic (exact) mass is 324 g/mol. The number of carboxylic acids is 1. The van der Waals surface area contributed by atoms with Crippen molar-refractivity contribution in [3.63, 3.8) is 0 Å². The normalized spacial score (nSPS) is 9.96. The van der Waals surface area contributed by atoms with Crippen LogP contribution >= 0.6 is 0 Å². The van der Waals surface area contributed by atoms with E-state index in [-0.39, 0.29) is 6.61 Å². The molecule has 0 spiro atoms.